The summed E-state index contributed by atoms with van der Waals surface area (Å²) in [7, 11) is 1.79. The van der Waals surface area contributed by atoms with Crippen LogP contribution in [-0.2, 0) is 7.05 Å². The zero-order valence-corrected chi connectivity index (χ0v) is 7.73. The van der Waals surface area contributed by atoms with Crippen LogP contribution in [0.4, 0.5) is 0 Å². The van der Waals surface area contributed by atoms with Crippen molar-refractivity contribution in [1.82, 2.24) is 15.0 Å². The predicted octanol–water partition coefficient (Wildman–Crippen LogP) is 0.895. The van der Waals surface area contributed by atoms with Gasteiger partial charge in [0.2, 0.25) is 0 Å². The smallest absolute Gasteiger partial charge is 0.111 e. The molecule has 12 heavy (non-hydrogen) atoms. The van der Waals surface area contributed by atoms with Crippen LogP contribution < -0.4 is 0 Å². The first-order valence-electron chi connectivity index (χ1n) is 4.14. The van der Waals surface area contributed by atoms with Crippen LogP contribution in [0.1, 0.15) is 32.1 Å². The van der Waals surface area contributed by atoms with Gasteiger partial charge in [-0.05, 0) is 12.3 Å². The lowest BCUT2D eigenvalue weighted by atomic mass is 10.0. The van der Waals surface area contributed by atoms with Crippen LogP contribution in [0.3, 0.4) is 0 Å². The lowest BCUT2D eigenvalue weighted by Crippen LogP contribution is -2.02. The van der Waals surface area contributed by atoms with Crippen LogP contribution in [0.15, 0.2) is 6.20 Å². The number of nitrogens with zero attached hydrogens (tertiary/aromatic N) is 3. The molecule has 68 valence electrons. The summed E-state index contributed by atoms with van der Waals surface area (Å²) >= 11 is 0. The molecule has 0 aliphatic rings. The van der Waals surface area contributed by atoms with Gasteiger partial charge in [0.25, 0.3) is 0 Å². The second kappa shape index (κ2) is 3.67. The lowest BCUT2D eigenvalue weighted by molar-refractivity contribution is 0.146. The van der Waals surface area contributed by atoms with E-state index in [2.05, 4.69) is 24.2 Å². The molecule has 1 unspecified atom stereocenters. The molecule has 0 bridgehead atoms. The fraction of sp³-hybridized carbons (Fsp3) is 0.750. The van der Waals surface area contributed by atoms with Gasteiger partial charge in [-0.2, -0.15) is 0 Å². The third-order valence-corrected chi connectivity index (χ3v) is 1.66. The molecule has 0 saturated heterocycles. The highest BCUT2D eigenvalue weighted by molar-refractivity contribution is 4.96. The third kappa shape index (κ3) is 2.30. The maximum absolute atomic E-state index is 9.59. The molecule has 1 N–H and O–H groups in total. The van der Waals surface area contributed by atoms with E-state index in [1.54, 1.807) is 17.9 Å². The zero-order valence-electron chi connectivity index (χ0n) is 7.73. The normalized spacial score (nSPS) is 13.8. The van der Waals surface area contributed by atoms with Crippen molar-refractivity contribution in [3.05, 3.63) is 11.9 Å². The highest BCUT2D eigenvalue weighted by Crippen LogP contribution is 2.17. The second-order valence-corrected chi connectivity index (χ2v) is 3.46. The summed E-state index contributed by atoms with van der Waals surface area (Å²) in [4.78, 5) is 0. The number of hydrogen-bond donors (Lipinski definition) is 1. The van der Waals surface area contributed by atoms with Crippen molar-refractivity contribution in [3.8, 4) is 0 Å². The van der Waals surface area contributed by atoms with Gasteiger partial charge >= 0.3 is 0 Å². The monoisotopic (exact) mass is 169 g/mol. The summed E-state index contributed by atoms with van der Waals surface area (Å²) in [5.41, 5.74) is 0.659. The molecule has 1 aromatic rings. The summed E-state index contributed by atoms with van der Waals surface area (Å²) in [5, 5.41) is 17.2. The molecule has 0 radical (unpaired) electrons. The average molecular weight is 169 g/mol. The minimum atomic E-state index is -0.473. The molecule has 1 heterocycles. The van der Waals surface area contributed by atoms with Gasteiger partial charge < -0.3 is 5.11 Å². The van der Waals surface area contributed by atoms with Gasteiger partial charge in [-0.15, -0.1) is 5.10 Å². The summed E-state index contributed by atoms with van der Waals surface area (Å²) < 4.78 is 1.60. The Labute approximate surface area is 72.2 Å². The summed E-state index contributed by atoms with van der Waals surface area (Å²) in [6, 6.07) is 0. The molecule has 1 aromatic heterocycles. The van der Waals surface area contributed by atoms with Crippen molar-refractivity contribution in [2.45, 2.75) is 26.4 Å². The van der Waals surface area contributed by atoms with Gasteiger partial charge in [0.1, 0.15) is 5.69 Å². The first-order valence-corrected chi connectivity index (χ1v) is 4.14. The van der Waals surface area contributed by atoms with Crippen LogP contribution in [0, 0.1) is 5.92 Å². The number of rotatable bonds is 3. The molecule has 0 amide bonds. The van der Waals surface area contributed by atoms with E-state index in [1.165, 1.54) is 0 Å². The molecule has 1 rings (SSSR count). The molecule has 4 heteroatoms. The van der Waals surface area contributed by atoms with Crippen molar-refractivity contribution in [1.29, 1.82) is 0 Å². The average Bonchev–Trinajstić information content (AvgIpc) is 2.34. The Morgan fingerprint density at radius 1 is 1.58 bits per heavy atom. The van der Waals surface area contributed by atoms with E-state index < -0.39 is 6.10 Å². The standard InChI is InChI=1S/C8H15N3O/c1-6(2)4-8(12)7-5-11(3)10-9-7/h5-6,8,12H,4H2,1-3H3. The van der Waals surface area contributed by atoms with Crippen molar-refractivity contribution in [2.75, 3.05) is 0 Å². The van der Waals surface area contributed by atoms with E-state index in [4.69, 9.17) is 0 Å². The first kappa shape index (κ1) is 9.19. The Kier molecular flexibility index (Phi) is 2.81. The lowest BCUT2D eigenvalue weighted by Gasteiger charge is -2.08. The van der Waals surface area contributed by atoms with Crippen LogP contribution >= 0.6 is 0 Å². The zero-order chi connectivity index (χ0) is 9.14. The minimum absolute atomic E-state index is 0.473. The first-order chi connectivity index (χ1) is 5.59. The number of aliphatic hydroxyl groups is 1. The number of aryl methyl sites for hydroxylation is 1. The molecule has 0 saturated carbocycles. The predicted molar refractivity (Wildman–Crippen MR) is 45.4 cm³/mol. The van der Waals surface area contributed by atoms with Crippen LogP contribution in [0.2, 0.25) is 0 Å². The molecular weight excluding hydrogens is 154 g/mol. The molecular formula is C8H15N3O. The van der Waals surface area contributed by atoms with Crippen LogP contribution in [-0.4, -0.2) is 20.1 Å². The van der Waals surface area contributed by atoms with Gasteiger partial charge in [0.15, 0.2) is 0 Å². The van der Waals surface area contributed by atoms with Gasteiger partial charge in [-0.25, -0.2) is 0 Å². The SMILES string of the molecule is CC(C)CC(O)c1cn(C)nn1. The fourth-order valence-corrected chi connectivity index (χ4v) is 1.09. The molecule has 4 nitrogen and oxygen atoms in total. The molecule has 0 aromatic carbocycles. The van der Waals surface area contributed by atoms with E-state index in [0.717, 1.165) is 6.42 Å². The highest BCUT2D eigenvalue weighted by Gasteiger charge is 2.12. The number of aliphatic hydroxyl groups excluding tert-OH is 1. The molecule has 0 aliphatic carbocycles. The maximum Gasteiger partial charge on any atom is 0.111 e. The molecule has 0 aliphatic heterocycles. The minimum Gasteiger partial charge on any atom is -0.387 e. The molecule has 0 spiro atoms. The van der Waals surface area contributed by atoms with Crippen molar-refractivity contribution in [2.24, 2.45) is 13.0 Å². The Morgan fingerprint density at radius 2 is 2.25 bits per heavy atom. The van der Waals surface area contributed by atoms with Crippen molar-refractivity contribution >= 4 is 0 Å². The van der Waals surface area contributed by atoms with E-state index in [0.29, 0.717) is 11.6 Å². The Balaban J connectivity index is 2.58. The second-order valence-electron chi connectivity index (χ2n) is 3.46. The molecule has 0 fully saturated rings. The van der Waals surface area contributed by atoms with Gasteiger partial charge in [-0.1, -0.05) is 19.1 Å². The Bertz CT molecular complexity index is 244. The number of hydrogen-bond acceptors (Lipinski definition) is 3. The summed E-state index contributed by atoms with van der Waals surface area (Å²) in [6.07, 6.45) is 2.00. The highest BCUT2D eigenvalue weighted by atomic mass is 16.3. The van der Waals surface area contributed by atoms with Crippen LogP contribution in [0.25, 0.3) is 0 Å². The van der Waals surface area contributed by atoms with E-state index in [1.807, 2.05) is 0 Å². The Morgan fingerprint density at radius 3 is 2.67 bits per heavy atom. The van der Waals surface area contributed by atoms with Crippen molar-refractivity contribution < 1.29 is 5.11 Å². The van der Waals surface area contributed by atoms with E-state index in [9.17, 15) is 5.11 Å². The Hall–Kier alpha value is -0.900. The quantitative estimate of drug-likeness (QED) is 0.731. The van der Waals surface area contributed by atoms with Crippen molar-refractivity contribution in [3.63, 3.8) is 0 Å². The summed E-state index contributed by atoms with van der Waals surface area (Å²) in [6.45, 7) is 4.14. The van der Waals surface area contributed by atoms with Gasteiger partial charge in [0.05, 0.1) is 12.3 Å². The van der Waals surface area contributed by atoms with E-state index >= 15 is 0 Å². The van der Waals surface area contributed by atoms with Gasteiger partial charge in [-0.3, -0.25) is 4.68 Å². The largest absolute Gasteiger partial charge is 0.387 e. The molecule has 1 atom stereocenters. The van der Waals surface area contributed by atoms with Crippen LogP contribution in [0.5, 0.6) is 0 Å². The third-order valence-electron chi connectivity index (χ3n) is 1.66. The van der Waals surface area contributed by atoms with Gasteiger partial charge in [0, 0.05) is 7.05 Å². The topological polar surface area (TPSA) is 50.9 Å². The maximum atomic E-state index is 9.59. The fourth-order valence-electron chi connectivity index (χ4n) is 1.09. The number of aromatic nitrogens is 3. The van der Waals surface area contributed by atoms with E-state index in [-0.39, 0.29) is 0 Å². The summed E-state index contributed by atoms with van der Waals surface area (Å²) in [5.74, 6) is 0.474.